The first-order chi connectivity index (χ1) is 6.07. The maximum absolute atomic E-state index is 10.6. The molecule has 0 amide bonds. The zero-order chi connectivity index (χ0) is 9.47. The summed E-state index contributed by atoms with van der Waals surface area (Å²) in [4.78, 5) is -0.226. The van der Waals surface area contributed by atoms with Gasteiger partial charge in [0, 0.05) is 12.1 Å². The van der Waals surface area contributed by atoms with Gasteiger partial charge in [-0.1, -0.05) is 0 Å². The quantitative estimate of drug-likeness (QED) is 0.528. The molecule has 5 heteroatoms. The Labute approximate surface area is 75.6 Å². The molecule has 0 fully saturated rings. The molecule has 1 aromatic rings. The van der Waals surface area contributed by atoms with E-state index in [4.69, 9.17) is 0 Å². The van der Waals surface area contributed by atoms with Crippen molar-refractivity contribution in [2.45, 2.75) is 4.90 Å². The SMILES string of the molecule is O=S(=O)([O-])c1ccc2c(c1)NC=[C+]2. The van der Waals surface area contributed by atoms with E-state index in [1.165, 1.54) is 18.2 Å². The minimum atomic E-state index is -4.36. The maximum atomic E-state index is 10.6. The second-order valence-electron chi connectivity index (χ2n) is 2.59. The Kier molecular flexibility index (Phi) is 1.60. The first kappa shape index (κ1) is 8.19. The van der Waals surface area contributed by atoms with E-state index in [0.717, 1.165) is 5.56 Å². The minimum absolute atomic E-state index is 0.226. The number of benzene rings is 1. The van der Waals surface area contributed by atoms with Crippen LogP contribution >= 0.6 is 0 Å². The molecular formula is C8H5NO3S. The molecule has 0 bridgehead atoms. The summed E-state index contributed by atoms with van der Waals surface area (Å²) in [5.41, 5.74) is 1.35. The van der Waals surface area contributed by atoms with E-state index >= 15 is 0 Å². The Balaban J connectivity index is 2.57. The number of fused-ring (bicyclic) bond motifs is 1. The number of rotatable bonds is 1. The van der Waals surface area contributed by atoms with Crippen LogP contribution in [0.15, 0.2) is 29.3 Å². The standard InChI is InChI=1S/C8H5NO3S/c10-13(11,12)7-2-1-6-3-4-9-8(6)5-7/h1-2,4-5,9H. The van der Waals surface area contributed by atoms with Crippen LogP contribution in [0.1, 0.15) is 5.56 Å². The van der Waals surface area contributed by atoms with Gasteiger partial charge in [0.05, 0.1) is 17.0 Å². The number of hydrogen-bond donors (Lipinski definition) is 1. The highest BCUT2D eigenvalue weighted by atomic mass is 32.2. The Morgan fingerprint density at radius 3 is 2.85 bits per heavy atom. The van der Waals surface area contributed by atoms with Gasteiger partial charge in [-0.2, -0.15) is 0 Å². The Morgan fingerprint density at radius 1 is 1.38 bits per heavy atom. The fraction of sp³-hybridized carbons (Fsp3) is 0. The van der Waals surface area contributed by atoms with Gasteiger partial charge in [0.2, 0.25) is 5.56 Å². The molecule has 1 aliphatic heterocycles. The van der Waals surface area contributed by atoms with Gasteiger partial charge >= 0.3 is 0 Å². The van der Waals surface area contributed by atoms with E-state index in [9.17, 15) is 13.0 Å². The number of hydrogen-bond acceptors (Lipinski definition) is 4. The predicted molar refractivity (Wildman–Crippen MR) is 44.9 cm³/mol. The van der Waals surface area contributed by atoms with Crippen LogP contribution in [0, 0.1) is 6.08 Å². The predicted octanol–water partition coefficient (Wildman–Crippen LogP) is 0.681. The van der Waals surface area contributed by atoms with Crippen LogP contribution in [0.25, 0.3) is 0 Å². The van der Waals surface area contributed by atoms with Gasteiger partial charge in [-0.25, -0.2) is 8.42 Å². The molecule has 1 heterocycles. The average molecular weight is 195 g/mol. The molecule has 0 saturated carbocycles. The van der Waals surface area contributed by atoms with Crippen LogP contribution in [0.3, 0.4) is 0 Å². The van der Waals surface area contributed by atoms with Crippen molar-refractivity contribution in [2.24, 2.45) is 0 Å². The average Bonchev–Trinajstić information content (AvgIpc) is 2.47. The molecular weight excluding hydrogens is 190 g/mol. The van der Waals surface area contributed by atoms with Gasteiger partial charge in [-0.05, 0) is 0 Å². The summed E-state index contributed by atoms with van der Waals surface area (Å²) < 4.78 is 31.9. The largest absolute Gasteiger partial charge is 0.744 e. The zero-order valence-corrected chi connectivity index (χ0v) is 7.26. The Bertz CT molecular complexity index is 476. The monoisotopic (exact) mass is 195 g/mol. The van der Waals surface area contributed by atoms with E-state index in [1.807, 2.05) is 0 Å². The summed E-state index contributed by atoms with van der Waals surface area (Å²) in [6.07, 6.45) is 4.41. The lowest BCUT2D eigenvalue weighted by molar-refractivity contribution is 0.463. The van der Waals surface area contributed by atoms with Crippen molar-refractivity contribution < 1.29 is 13.0 Å². The summed E-state index contributed by atoms with van der Waals surface area (Å²) in [6, 6.07) is 4.11. The first-order valence-corrected chi connectivity index (χ1v) is 4.93. The Morgan fingerprint density at radius 2 is 2.15 bits per heavy atom. The van der Waals surface area contributed by atoms with E-state index in [2.05, 4.69) is 11.4 Å². The molecule has 4 nitrogen and oxygen atoms in total. The fourth-order valence-corrected chi connectivity index (χ4v) is 1.61. The molecule has 2 rings (SSSR count). The molecule has 0 atom stereocenters. The molecule has 66 valence electrons. The lowest BCUT2D eigenvalue weighted by Gasteiger charge is -2.04. The molecule has 0 saturated heterocycles. The molecule has 0 unspecified atom stereocenters. The van der Waals surface area contributed by atoms with Crippen molar-refractivity contribution >= 4 is 15.8 Å². The van der Waals surface area contributed by atoms with Crippen molar-refractivity contribution in [2.75, 3.05) is 5.32 Å². The number of nitrogens with one attached hydrogen (secondary N) is 1. The van der Waals surface area contributed by atoms with Crippen molar-refractivity contribution in [1.29, 1.82) is 0 Å². The van der Waals surface area contributed by atoms with Gasteiger partial charge < -0.3 is 4.55 Å². The summed E-state index contributed by atoms with van der Waals surface area (Å²) in [5, 5.41) is 2.77. The van der Waals surface area contributed by atoms with Crippen LogP contribution in [0.4, 0.5) is 5.69 Å². The smallest absolute Gasteiger partial charge is 0.214 e. The van der Waals surface area contributed by atoms with Crippen LogP contribution in [0.5, 0.6) is 0 Å². The highest BCUT2D eigenvalue weighted by molar-refractivity contribution is 7.85. The molecule has 1 N–H and O–H groups in total. The van der Waals surface area contributed by atoms with E-state index < -0.39 is 10.1 Å². The van der Waals surface area contributed by atoms with E-state index in [1.54, 1.807) is 6.20 Å². The van der Waals surface area contributed by atoms with Crippen molar-refractivity contribution in [3.8, 4) is 0 Å². The summed E-state index contributed by atoms with van der Waals surface area (Å²) >= 11 is 0. The van der Waals surface area contributed by atoms with Crippen LogP contribution < -0.4 is 5.32 Å². The fourth-order valence-electron chi connectivity index (χ4n) is 1.12. The van der Waals surface area contributed by atoms with Gasteiger partial charge in [-0.15, -0.1) is 0 Å². The van der Waals surface area contributed by atoms with Crippen molar-refractivity contribution in [3.63, 3.8) is 0 Å². The second kappa shape index (κ2) is 2.53. The van der Waals surface area contributed by atoms with Gasteiger partial charge in [0.25, 0.3) is 0 Å². The molecule has 0 aliphatic carbocycles. The van der Waals surface area contributed by atoms with E-state index in [-0.39, 0.29) is 4.90 Å². The van der Waals surface area contributed by atoms with Crippen LogP contribution in [-0.2, 0) is 10.1 Å². The van der Waals surface area contributed by atoms with Crippen molar-refractivity contribution in [3.05, 3.63) is 36.0 Å². The second-order valence-corrected chi connectivity index (χ2v) is 3.97. The lowest BCUT2D eigenvalue weighted by atomic mass is 10.2. The highest BCUT2D eigenvalue weighted by Crippen LogP contribution is 2.24. The third kappa shape index (κ3) is 1.40. The van der Waals surface area contributed by atoms with Crippen LogP contribution in [-0.4, -0.2) is 13.0 Å². The van der Waals surface area contributed by atoms with Crippen molar-refractivity contribution in [1.82, 2.24) is 0 Å². The molecule has 1 aliphatic rings. The van der Waals surface area contributed by atoms with Crippen LogP contribution in [0.2, 0.25) is 0 Å². The van der Waals surface area contributed by atoms with Gasteiger partial charge in [0.15, 0.2) is 5.69 Å². The summed E-state index contributed by atoms with van der Waals surface area (Å²) in [7, 11) is -4.36. The zero-order valence-electron chi connectivity index (χ0n) is 6.44. The van der Waals surface area contributed by atoms with Gasteiger partial charge in [0.1, 0.15) is 16.3 Å². The minimum Gasteiger partial charge on any atom is -0.744 e. The van der Waals surface area contributed by atoms with E-state index in [0.29, 0.717) is 5.69 Å². The maximum Gasteiger partial charge on any atom is 0.214 e. The van der Waals surface area contributed by atoms with Gasteiger partial charge in [-0.3, -0.25) is 5.32 Å². The first-order valence-electron chi connectivity index (χ1n) is 3.52. The molecule has 1 aromatic carbocycles. The lowest BCUT2D eigenvalue weighted by Crippen LogP contribution is -1.99. The Hall–Kier alpha value is -1.42. The summed E-state index contributed by atoms with van der Waals surface area (Å²) in [5.74, 6) is 0. The highest BCUT2D eigenvalue weighted by Gasteiger charge is 2.17. The molecule has 0 aromatic heterocycles. The third-order valence-electron chi connectivity index (χ3n) is 1.74. The molecule has 13 heavy (non-hydrogen) atoms. The third-order valence-corrected chi connectivity index (χ3v) is 2.57. The normalized spacial score (nSPS) is 13.3. The molecule has 0 radical (unpaired) electrons. The number of anilines is 1. The molecule has 0 spiro atoms. The topological polar surface area (TPSA) is 69.2 Å². The summed E-state index contributed by atoms with van der Waals surface area (Å²) in [6.45, 7) is 0.